The van der Waals surface area contributed by atoms with Crippen LogP contribution in [0.2, 0.25) is 0 Å². The van der Waals surface area contributed by atoms with E-state index in [0.717, 1.165) is 5.56 Å². The second-order valence-electron chi connectivity index (χ2n) is 7.56. The number of aliphatic hydroxyl groups excluding tert-OH is 1. The number of methoxy groups -OCH3 is 1. The molecule has 1 aliphatic rings. The molecule has 4 heterocycles. The topological polar surface area (TPSA) is 135 Å². The largest absolute Gasteiger partial charge is 0.392 e. The van der Waals surface area contributed by atoms with Crippen molar-refractivity contribution in [3.63, 3.8) is 0 Å². The zero-order chi connectivity index (χ0) is 22.0. The molecule has 11 nitrogen and oxygen atoms in total. The summed E-state index contributed by atoms with van der Waals surface area (Å²) in [6, 6.07) is 3.76. The van der Waals surface area contributed by atoms with Gasteiger partial charge >= 0.3 is 0 Å². The monoisotopic (exact) mass is 428 g/mol. The molecule has 2 atom stereocenters. The van der Waals surface area contributed by atoms with Gasteiger partial charge in [0.2, 0.25) is 11.8 Å². The Labute approximate surface area is 178 Å². The quantitative estimate of drug-likeness (QED) is 0.573. The third-order valence-electron chi connectivity index (χ3n) is 5.29. The number of aryl methyl sites for hydroxylation is 1. The molecular weight excluding hydrogens is 404 g/mol. The first kappa shape index (κ1) is 20.9. The van der Waals surface area contributed by atoms with Crippen molar-refractivity contribution in [1.29, 1.82) is 0 Å². The molecule has 0 aromatic carbocycles. The number of amides is 2. The van der Waals surface area contributed by atoms with E-state index in [2.05, 4.69) is 20.6 Å². The van der Waals surface area contributed by atoms with Crippen molar-refractivity contribution < 1.29 is 24.0 Å². The zero-order valence-corrected chi connectivity index (χ0v) is 17.3. The molecule has 0 aliphatic carbocycles. The number of likely N-dealkylation sites (tertiary alicyclic amines) is 1. The van der Waals surface area contributed by atoms with E-state index in [1.165, 1.54) is 13.3 Å². The minimum Gasteiger partial charge on any atom is -0.392 e. The summed E-state index contributed by atoms with van der Waals surface area (Å²) >= 11 is 0. The number of hydrogen-bond donors (Lipinski definition) is 2. The molecule has 31 heavy (non-hydrogen) atoms. The van der Waals surface area contributed by atoms with Gasteiger partial charge in [-0.2, -0.15) is 10.1 Å². The fraction of sp³-hybridized carbons (Fsp3) is 0.450. The van der Waals surface area contributed by atoms with Gasteiger partial charge < -0.3 is 24.6 Å². The molecule has 0 bridgehead atoms. The summed E-state index contributed by atoms with van der Waals surface area (Å²) in [6.07, 6.45) is 2.84. The van der Waals surface area contributed by atoms with Gasteiger partial charge in [0.15, 0.2) is 5.82 Å². The molecule has 2 amide bonds. The summed E-state index contributed by atoms with van der Waals surface area (Å²) in [5, 5.41) is 21.0. The van der Waals surface area contributed by atoms with Crippen LogP contribution >= 0.6 is 0 Å². The van der Waals surface area contributed by atoms with E-state index in [1.54, 1.807) is 9.42 Å². The Hall–Kier alpha value is -3.31. The highest BCUT2D eigenvalue weighted by Gasteiger charge is 2.36. The van der Waals surface area contributed by atoms with E-state index in [-0.39, 0.29) is 37.4 Å². The average molecular weight is 428 g/mol. The van der Waals surface area contributed by atoms with Crippen molar-refractivity contribution in [2.75, 3.05) is 20.2 Å². The van der Waals surface area contributed by atoms with Crippen LogP contribution in [0.4, 0.5) is 0 Å². The molecule has 3 aromatic heterocycles. The molecule has 1 fully saturated rings. The second kappa shape index (κ2) is 8.82. The third-order valence-corrected chi connectivity index (χ3v) is 5.29. The van der Waals surface area contributed by atoms with Crippen LogP contribution in [0.25, 0.3) is 5.52 Å². The highest BCUT2D eigenvalue weighted by Crippen LogP contribution is 2.22. The van der Waals surface area contributed by atoms with Crippen molar-refractivity contribution in [1.82, 2.24) is 30.0 Å². The highest BCUT2D eigenvalue weighted by molar-refractivity contribution is 6.01. The Balaban J connectivity index is 1.41. The number of carbonyl (C=O) groups excluding carboxylic acids is 2. The summed E-state index contributed by atoms with van der Waals surface area (Å²) < 4.78 is 11.6. The lowest BCUT2D eigenvalue weighted by Crippen LogP contribution is -2.51. The van der Waals surface area contributed by atoms with Gasteiger partial charge in [0.05, 0.1) is 35.8 Å². The minimum absolute atomic E-state index is 0.0279. The fourth-order valence-corrected chi connectivity index (χ4v) is 3.65. The first-order valence-electron chi connectivity index (χ1n) is 9.95. The highest BCUT2D eigenvalue weighted by atomic mass is 16.5. The lowest BCUT2D eigenvalue weighted by molar-refractivity contribution is -0.131. The number of rotatable bonds is 6. The third kappa shape index (κ3) is 4.42. The van der Waals surface area contributed by atoms with E-state index in [0.29, 0.717) is 29.9 Å². The Morgan fingerprint density at radius 3 is 3.03 bits per heavy atom. The predicted molar refractivity (Wildman–Crippen MR) is 107 cm³/mol. The molecular formula is C20H24N6O5. The lowest BCUT2D eigenvalue weighted by atomic mass is 9.93. The van der Waals surface area contributed by atoms with Gasteiger partial charge in [-0.1, -0.05) is 11.2 Å². The molecule has 0 spiro atoms. The van der Waals surface area contributed by atoms with Gasteiger partial charge in [-0.25, -0.2) is 4.52 Å². The van der Waals surface area contributed by atoms with Crippen LogP contribution in [-0.4, -0.2) is 67.9 Å². The Bertz CT molecular complexity index is 1090. The van der Waals surface area contributed by atoms with E-state index >= 15 is 0 Å². The number of pyridine rings is 1. The number of piperidine rings is 1. The second-order valence-corrected chi connectivity index (χ2v) is 7.56. The number of nitrogens with one attached hydrogen (secondary N) is 1. The maximum atomic E-state index is 13.1. The molecule has 3 aromatic rings. The van der Waals surface area contributed by atoms with Crippen molar-refractivity contribution in [2.45, 2.75) is 32.6 Å². The van der Waals surface area contributed by atoms with Gasteiger partial charge in [-0.3, -0.25) is 9.59 Å². The lowest BCUT2D eigenvalue weighted by Gasteiger charge is -2.35. The maximum Gasteiger partial charge on any atom is 0.257 e. The fourth-order valence-electron chi connectivity index (χ4n) is 3.65. The normalized spacial score (nSPS) is 19.0. The van der Waals surface area contributed by atoms with Crippen LogP contribution in [0, 0.1) is 12.8 Å². The molecule has 1 aliphatic heterocycles. The van der Waals surface area contributed by atoms with Crippen LogP contribution in [0.1, 0.15) is 34.1 Å². The Morgan fingerprint density at radius 1 is 1.39 bits per heavy atom. The number of nitrogens with zero attached hydrogens (tertiary/aromatic N) is 5. The Kier molecular flexibility index (Phi) is 5.96. The average Bonchev–Trinajstić information content (AvgIpc) is 3.38. The van der Waals surface area contributed by atoms with Gasteiger partial charge in [0, 0.05) is 26.4 Å². The van der Waals surface area contributed by atoms with Gasteiger partial charge in [-0.05, 0) is 25.0 Å². The molecule has 4 rings (SSSR count). The van der Waals surface area contributed by atoms with E-state index in [9.17, 15) is 14.7 Å². The van der Waals surface area contributed by atoms with Gasteiger partial charge in [-0.15, -0.1) is 0 Å². The molecule has 0 unspecified atom stereocenters. The minimum atomic E-state index is -0.845. The molecule has 11 heteroatoms. The molecule has 0 saturated carbocycles. The molecule has 1 saturated heterocycles. The number of aromatic nitrogens is 4. The van der Waals surface area contributed by atoms with E-state index < -0.39 is 12.0 Å². The molecule has 2 N–H and O–H groups in total. The first-order chi connectivity index (χ1) is 15.0. The standard InChI is InChI=1S/C20H24N6O5/c1-12-3-4-15-13(7-22-26(15)9-12)20(29)25-6-5-16(27)14(10-25)19(28)21-8-18-23-17(11-30-2)24-31-18/h3-4,7,9,14,16,27H,5-6,8,10-11H2,1-2H3,(H,21,28)/t14-,16+/m0/s1. The SMILES string of the molecule is COCc1noc(CNC(=O)[C@H]2CN(C(=O)c3cnn4cc(C)ccc34)CC[C@H]2O)n1. The number of fused-ring (bicyclic) bond motifs is 1. The molecule has 0 radical (unpaired) electrons. The van der Waals surface area contributed by atoms with Crippen molar-refractivity contribution in [2.24, 2.45) is 5.92 Å². The first-order valence-corrected chi connectivity index (χ1v) is 9.95. The van der Waals surface area contributed by atoms with Crippen molar-refractivity contribution in [3.8, 4) is 0 Å². The number of hydrogen-bond acceptors (Lipinski definition) is 8. The van der Waals surface area contributed by atoms with E-state index in [1.807, 2.05) is 25.3 Å². The van der Waals surface area contributed by atoms with Crippen LogP contribution in [0.15, 0.2) is 29.0 Å². The summed E-state index contributed by atoms with van der Waals surface area (Å²) in [7, 11) is 1.52. The summed E-state index contributed by atoms with van der Waals surface area (Å²) in [5.74, 6) is -0.745. The van der Waals surface area contributed by atoms with Gasteiger partial charge in [0.1, 0.15) is 6.61 Å². The predicted octanol–water partition coefficient (Wildman–Crippen LogP) is 0.312. The van der Waals surface area contributed by atoms with Crippen LogP contribution in [0.5, 0.6) is 0 Å². The molecule has 164 valence electrons. The summed E-state index contributed by atoms with van der Waals surface area (Å²) in [5.41, 5.74) is 2.20. The number of aliphatic hydroxyl groups is 1. The van der Waals surface area contributed by atoms with Gasteiger partial charge in [0.25, 0.3) is 5.91 Å². The van der Waals surface area contributed by atoms with Crippen molar-refractivity contribution >= 4 is 17.3 Å². The summed E-state index contributed by atoms with van der Waals surface area (Å²) in [4.78, 5) is 31.4. The number of carbonyl (C=O) groups is 2. The van der Waals surface area contributed by atoms with Crippen LogP contribution in [0.3, 0.4) is 0 Å². The smallest absolute Gasteiger partial charge is 0.257 e. The number of ether oxygens (including phenoxy) is 1. The summed E-state index contributed by atoms with van der Waals surface area (Å²) in [6.45, 7) is 2.65. The Morgan fingerprint density at radius 2 is 2.23 bits per heavy atom. The van der Waals surface area contributed by atoms with E-state index in [4.69, 9.17) is 9.26 Å². The zero-order valence-electron chi connectivity index (χ0n) is 17.3. The maximum absolute atomic E-state index is 13.1. The van der Waals surface area contributed by atoms with Crippen molar-refractivity contribution in [3.05, 3.63) is 47.4 Å². The van der Waals surface area contributed by atoms with Crippen LogP contribution in [-0.2, 0) is 22.7 Å². The van der Waals surface area contributed by atoms with Crippen LogP contribution < -0.4 is 5.32 Å².